The van der Waals surface area contributed by atoms with Crippen molar-refractivity contribution in [2.45, 2.75) is 20.3 Å². The molecule has 82 valence electrons. The summed E-state index contributed by atoms with van der Waals surface area (Å²) in [6, 6.07) is 5.52. The molecule has 0 saturated carbocycles. The Hall–Kier alpha value is -1.97. The molecule has 0 bridgehead atoms. The van der Waals surface area contributed by atoms with Crippen molar-refractivity contribution in [3.63, 3.8) is 0 Å². The van der Waals surface area contributed by atoms with Gasteiger partial charge in [-0.15, -0.1) is 0 Å². The number of hydrogen-bond donors (Lipinski definition) is 0. The SMILES string of the molecule is Cc1noc(C)c1C(=O)Cc1ccccn1. The number of aromatic nitrogens is 2. The van der Waals surface area contributed by atoms with E-state index in [1.807, 2.05) is 18.2 Å². The van der Waals surface area contributed by atoms with Crippen LogP contribution in [0.2, 0.25) is 0 Å². The van der Waals surface area contributed by atoms with Crippen molar-refractivity contribution in [1.82, 2.24) is 10.1 Å². The van der Waals surface area contributed by atoms with Gasteiger partial charge < -0.3 is 4.52 Å². The van der Waals surface area contributed by atoms with Crippen LogP contribution in [0.5, 0.6) is 0 Å². The smallest absolute Gasteiger partial charge is 0.174 e. The van der Waals surface area contributed by atoms with Crippen molar-refractivity contribution >= 4 is 5.78 Å². The standard InChI is InChI=1S/C12H12N2O2/c1-8-12(9(2)16-14-8)11(15)7-10-5-3-4-6-13-10/h3-6H,7H2,1-2H3. The minimum atomic E-state index is -0.00468. The van der Waals surface area contributed by atoms with Gasteiger partial charge in [0.25, 0.3) is 0 Å². The van der Waals surface area contributed by atoms with E-state index in [9.17, 15) is 4.79 Å². The van der Waals surface area contributed by atoms with E-state index in [2.05, 4.69) is 10.1 Å². The van der Waals surface area contributed by atoms with Crippen LogP contribution in [0.15, 0.2) is 28.9 Å². The Balaban J connectivity index is 2.22. The molecule has 2 heterocycles. The van der Waals surface area contributed by atoms with Crippen molar-refractivity contribution in [3.05, 3.63) is 47.1 Å². The lowest BCUT2D eigenvalue weighted by Gasteiger charge is -1.99. The average Bonchev–Trinajstić information content (AvgIpc) is 2.60. The molecule has 2 aromatic rings. The van der Waals surface area contributed by atoms with E-state index in [4.69, 9.17) is 4.52 Å². The lowest BCUT2D eigenvalue weighted by Crippen LogP contribution is -2.06. The fourth-order valence-corrected chi connectivity index (χ4v) is 1.64. The summed E-state index contributed by atoms with van der Waals surface area (Å²) in [5.74, 6) is 0.563. The van der Waals surface area contributed by atoms with Crippen LogP contribution in [0.1, 0.15) is 27.5 Å². The molecule has 0 amide bonds. The van der Waals surface area contributed by atoms with Gasteiger partial charge in [0.1, 0.15) is 5.76 Å². The monoisotopic (exact) mass is 216 g/mol. The van der Waals surface area contributed by atoms with Gasteiger partial charge in [0.15, 0.2) is 5.78 Å². The number of carbonyl (C=O) groups is 1. The molecule has 0 aliphatic heterocycles. The van der Waals surface area contributed by atoms with E-state index < -0.39 is 0 Å². The molecule has 4 heteroatoms. The number of carbonyl (C=O) groups excluding carboxylic acids is 1. The minimum Gasteiger partial charge on any atom is -0.361 e. The molecule has 0 saturated heterocycles. The molecule has 4 nitrogen and oxygen atoms in total. The Morgan fingerprint density at radius 1 is 1.38 bits per heavy atom. The third-order valence-electron chi connectivity index (χ3n) is 2.38. The summed E-state index contributed by atoms with van der Waals surface area (Å²) in [6.45, 7) is 3.51. The predicted molar refractivity (Wildman–Crippen MR) is 58.2 cm³/mol. The van der Waals surface area contributed by atoms with Gasteiger partial charge in [0, 0.05) is 11.9 Å². The maximum Gasteiger partial charge on any atom is 0.174 e. The van der Waals surface area contributed by atoms with E-state index in [0.29, 0.717) is 17.0 Å². The molecular formula is C12H12N2O2. The number of ketones is 1. The molecular weight excluding hydrogens is 204 g/mol. The summed E-state index contributed by atoms with van der Waals surface area (Å²) < 4.78 is 4.96. The minimum absolute atomic E-state index is 0.00468. The van der Waals surface area contributed by atoms with Crippen molar-refractivity contribution in [2.24, 2.45) is 0 Å². The highest BCUT2D eigenvalue weighted by atomic mass is 16.5. The van der Waals surface area contributed by atoms with Crippen molar-refractivity contribution < 1.29 is 9.32 Å². The summed E-state index contributed by atoms with van der Waals surface area (Å²) in [5, 5.41) is 3.76. The van der Waals surface area contributed by atoms with Crippen molar-refractivity contribution in [2.75, 3.05) is 0 Å². The molecule has 16 heavy (non-hydrogen) atoms. The number of pyridine rings is 1. The zero-order valence-electron chi connectivity index (χ0n) is 9.23. The van der Waals surface area contributed by atoms with E-state index >= 15 is 0 Å². The topological polar surface area (TPSA) is 56.0 Å². The Morgan fingerprint density at radius 3 is 2.75 bits per heavy atom. The molecule has 0 radical (unpaired) electrons. The number of hydrogen-bond acceptors (Lipinski definition) is 4. The number of Topliss-reactive ketones (excluding diaryl/α,β-unsaturated/α-hetero) is 1. The second-order valence-corrected chi connectivity index (χ2v) is 3.62. The summed E-state index contributed by atoms with van der Waals surface area (Å²) in [4.78, 5) is 16.1. The van der Waals surface area contributed by atoms with Crippen LogP contribution in [0.4, 0.5) is 0 Å². The highest BCUT2D eigenvalue weighted by Gasteiger charge is 2.17. The first-order valence-electron chi connectivity index (χ1n) is 5.04. The van der Waals surface area contributed by atoms with Crippen LogP contribution in [0.3, 0.4) is 0 Å². The fourth-order valence-electron chi connectivity index (χ4n) is 1.64. The predicted octanol–water partition coefficient (Wildman–Crippen LogP) is 2.11. The van der Waals surface area contributed by atoms with Crippen molar-refractivity contribution in [3.8, 4) is 0 Å². The van der Waals surface area contributed by atoms with E-state index in [-0.39, 0.29) is 12.2 Å². The van der Waals surface area contributed by atoms with Crippen LogP contribution < -0.4 is 0 Å². The first-order valence-corrected chi connectivity index (χ1v) is 5.04. The summed E-state index contributed by atoms with van der Waals surface area (Å²) in [6.07, 6.45) is 1.96. The molecule has 0 aliphatic rings. The maximum absolute atomic E-state index is 12.0. The quantitative estimate of drug-likeness (QED) is 0.737. The molecule has 0 fully saturated rings. The molecule has 0 unspecified atom stereocenters. The van der Waals surface area contributed by atoms with Gasteiger partial charge in [0.2, 0.25) is 0 Å². The van der Waals surface area contributed by atoms with Gasteiger partial charge >= 0.3 is 0 Å². The van der Waals surface area contributed by atoms with Gasteiger partial charge in [-0.3, -0.25) is 9.78 Å². The molecule has 0 aromatic carbocycles. The summed E-state index contributed by atoms with van der Waals surface area (Å²) in [7, 11) is 0. The van der Waals surface area contributed by atoms with Crippen LogP contribution in [0.25, 0.3) is 0 Å². The van der Waals surface area contributed by atoms with Gasteiger partial charge in [0.05, 0.1) is 17.7 Å². The first-order chi connectivity index (χ1) is 7.68. The Labute approximate surface area is 93.3 Å². The number of rotatable bonds is 3. The van der Waals surface area contributed by atoms with E-state index in [1.165, 1.54) is 0 Å². The molecule has 0 aliphatic carbocycles. The molecule has 0 N–H and O–H groups in total. The highest BCUT2D eigenvalue weighted by molar-refractivity contribution is 5.99. The fraction of sp³-hybridized carbons (Fsp3) is 0.250. The zero-order valence-corrected chi connectivity index (χ0v) is 9.23. The summed E-state index contributed by atoms with van der Waals surface area (Å²) in [5.41, 5.74) is 1.97. The Morgan fingerprint density at radius 2 is 2.19 bits per heavy atom. The van der Waals surface area contributed by atoms with Crippen LogP contribution in [-0.2, 0) is 6.42 Å². The largest absolute Gasteiger partial charge is 0.361 e. The maximum atomic E-state index is 12.0. The van der Waals surface area contributed by atoms with Gasteiger partial charge in [-0.05, 0) is 26.0 Å². The van der Waals surface area contributed by atoms with Crippen LogP contribution in [0, 0.1) is 13.8 Å². The van der Waals surface area contributed by atoms with Crippen molar-refractivity contribution in [1.29, 1.82) is 0 Å². The second-order valence-electron chi connectivity index (χ2n) is 3.62. The Bertz CT molecular complexity index is 483. The molecule has 2 rings (SSSR count). The second kappa shape index (κ2) is 4.26. The average molecular weight is 216 g/mol. The molecule has 2 aromatic heterocycles. The van der Waals surface area contributed by atoms with E-state index in [0.717, 1.165) is 5.69 Å². The highest BCUT2D eigenvalue weighted by Crippen LogP contribution is 2.14. The first kappa shape index (κ1) is 10.5. The summed E-state index contributed by atoms with van der Waals surface area (Å²) >= 11 is 0. The normalized spacial score (nSPS) is 10.4. The van der Waals surface area contributed by atoms with Crippen LogP contribution in [-0.4, -0.2) is 15.9 Å². The van der Waals surface area contributed by atoms with Gasteiger partial charge in [-0.2, -0.15) is 0 Å². The number of aryl methyl sites for hydroxylation is 2. The third-order valence-corrected chi connectivity index (χ3v) is 2.38. The van der Waals surface area contributed by atoms with Gasteiger partial charge in [-0.25, -0.2) is 0 Å². The Kier molecular flexibility index (Phi) is 2.81. The lowest BCUT2D eigenvalue weighted by atomic mass is 10.1. The lowest BCUT2D eigenvalue weighted by molar-refractivity contribution is 0.0990. The van der Waals surface area contributed by atoms with Crippen LogP contribution >= 0.6 is 0 Å². The van der Waals surface area contributed by atoms with Gasteiger partial charge in [-0.1, -0.05) is 11.2 Å². The third kappa shape index (κ3) is 2.00. The molecule has 0 spiro atoms. The number of nitrogens with zero attached hydrogens (tertiary/aromatic N) is 2. The zero-order chi connectivity index (χ0) is 11.5. The molecule has 0 atom stereocenters. The van der Waals surface area contributed by atoms with E-state index in [1.54, 1.807) is 20.0 Å².